The van der Waals surface area contributed by atoms with Gasteiger partial charge < -0.3 is 18.6 Å². The highest BCUT2D eigenvalue weighted by Crippen LogP contribution is 2.29. The molecule has 0 N–H and O–H groups in total. The van der Waals surface area contributed by atoms with Crippen LogP contribution in [0.25, 0.3) is 0 Å². The minimum atomic E-state index is -0.0248. The van der Waals surface area contributed by atoms with Crippen molar-refractivity contribution in [3.05, 3.63) is 35.9 Å². The molecule has 1 aliphatic heterocycles. The van der Waals surface area contributed by atoms with Gasteiger partial charge in [0.15, 0.2) is 5.82 Å². The zero-order valence-electron chi connectivity index (χ0n) is 12.8. The summed E-state index contributed by atoms with van der Waals surface area (Å²) in [4.78, 5) is 18.2. The van der Waals surface area contributed by atoms with Crippen molar-refractivity contribution in [3.63, 3.8) is 0 Å². The molecule has 1 saturated carbocycles. The quantitative estimate of drug-likeness (QED) is 0.725. The van der Waals surface area contributed by atoms with Crippen molar-refractivity contribution in [2.75, 3.05) is 26.3 Å². The minimum absolute atomic E-state index is 0.0248. The third-order valence-electron chi connectivity index (χ3n) is 4.29. The Morgan fingerprint density at radius 3 is 3.00 bits per heavy atom. The van der Waals surface area contributed by atoms with E-state index in [1.165, 1.54) is 25.4 Å². The molecule has 1 saturated heterocycles. The summed E-state index contributed by atoms with van der Waals surface area (Å²) in [7, 11) is 0. The van der Waals surface area contributed by atoms with Crippen LogP contribution in [0.15, 0.2) is 27.5 Å². The van der Waals surface area contributed by atoms with Crippen LogP contribution in [0.5, 0.6) is 0 Å². The lowest BCUT2D eigenvalue weighted by Gasteiger charge is -2.36. The largest absolute Gasteiger partial charge is 0.472 e. The number of amides is 1. The third-order valence-corrected chi connectivity index (χ3v) is 4.29. The van der Waals surface area contributed by atoms with Crippen LogP contribution in [0.4, 0.5) is 0 Å². The first-order valence-electron chi connectivity index (χ1n) is 8.01. The number of hydrogen-bond acceptors (Lipinski definition) is 6. The molecule has 0 aromatic carbocycles. The Bertz CT molecular complexity index is 657. The summed E-state index contributed by atoms with van der Waals surface area (Å²) >= 11 is 0. The molecule has 1 aliphatic carbocycles. The SMILES string of the molecule is O=C(c1ccoc1)N1CC(c2nc(CCOCC3CC3)no2)C1. The van der Waals surface area contributed by atoms with Gasteiger partial charge in [-0.15, -0.1) is 0 Å². The van der Waals surface area contributed by atoms with Gasteiger partial charge in [-0.2, -0.15) is 4.98 Å². The van der Waals surface area contributed by atoms with Gasteiger partial charge in [0.25, 0.3) is 5.91 Å². The van der Waals surface area contributed by atoms with E-state index in [1.54, 1.807) is 11.0 Å². The van der Waals surface area contributed by atoms with Crippen LogP contribution in [-0.2, 0) is 11.2 Å². The number of rotatable bonds is 7. The predicted molar refractivity (Wildman–Crippen MR) is 78.9 cm³/mol. The first kappa shape index (κ1) is 14.4. The van der Waals surface area contributed by atoms with Crippen LogP contribution in [0, 0.1) is 5.92 Å². The molecule has 2 aromatic rings. The highest BCUT2D eigenvalue weighted by atomic mass is 16.5. The molecule has 0 bridgehead atoms. The van der Waals surface area contributed by atoms with Gasteiger partial charge in [-0.05, 0) is 24.8 Å². The summed E-state index contributed by atoms with van der Waals surface area (Å²) < 4.78 is 15.8. The van der Waals surface area contributed by atoms with Crippen molar-refractivity contribution in [2.24, 2.45) is 5.92 Å². The molecule has 23 heavy (non-hydrogen) atoms. The summed E-state index contributed by atoms with van der Waals surface area (Å²) in [6.07, 6.45) is 6.22. The number of ether oxygens (including phenoxy) is 1. The number of carbonyl (C=O) groups excluding carboxylic acids is 1. The average Bonchev–Trinajstić information content (AvgIpc) is 3.00. The summed E-state index contributed by atoms with van der Waals surface area (Å²) in [5, 5.41) is 3.99. The van der Waals surface area contributed by atoms with E-state index in [1.807, 2.05) is 0 Å². The van der Waals surface area contributed by atoms with E-state index in [0.29, 0.717) is 43.4 Å². The molecule has 0 radical (unpaired) electrons. The Hall–Kier alpha value is -2.15. The summed E-state index contributed by atoms with van der Waals surface area (Å²) in [5.41, 5.74) is 0.572. The van der Waals surface area contributed by atoms with E-state index in [2.05, 4.69) is 10.1 Å². The molecule has 122 valence electrons. The van der Waals surface area contributed by atoms with Crippen molar-refractivity contribution in [3.8, 4) is 0 Å². The van der Waals surface area contributed by atoms with Gasteiger partial charge in [-0.25, -0.2) is 0 Å². The zero-order chi connectivity index (χ0) is 15.6. The molecule has 0 atom stereocenters. The second-order valence-electron chi connectivity index (χ2n) is 6.24. The Morgan fingerprint density at radius 1 is 1.39 bits per heavy atom. The molecule has 2 aliphatic rings. The number of aromatic nitrogens is 2. The molecular weight excluding hydrogens is 298 g/mol. The zero-order valence-corrected chi connectivity index (χ0v) is 12.8. The van der Waals surface area contributed by atoms with Crippen molar-refractivity contribution in [2.45, 2.75) is 25.2 Å². The van der Waals surface area contributed by atoms with Crippen LogP contribution in [0.3, 0.4) is 0 Å². The van der Waals surface area contributed by atoms with Crippen LogP contribution in [-0.4, -0.2) is 47.3 Å². The van der Waals surface area contributed by atoms with Crippen LogP contribution in [0.2, 0.25) is 0 Å². The molecule has 3 heterocycles. The topological polar surface area (TPSA) is 81.6 Å². The van der Waals surface area contributed by atoms with Crippen molar-refractivity contribution < 1.29 is 18.5 Å². The maximum atomic E-state index is 12.1. The van der Waals surface area contributed by atoms with Crippen LogP contribution in [0.1, 0.15) is 40.8 Å². The lowest BCUT2D eigenvalue weighted by atomic mass is 9.99. The lowest BCUT2D eigenvalue weighted by molar-refractivity contribution is 0.0568. The smallest absolute Gasteiger partial charge is 0.257 e. The molecule has 0 spiro atoms. The standard InChI is InChI=1S/C16H19N3O4/c20-16(12-3-5-22-10-12)19-7-13(8-19)15-17-14(18-23-15)4-6-21-9-11-1-2-11/h3,5,10-11,13H,1-2,4,6-9H2. The monoisotopic (exact) mass is 317 g/mol. The van der Waals surface area contributed by atoms with E-state index >= 15 is 0 Å². The van der Waals surface area contributed by atoms with Crippen molar-refractivity contribution in [1.29, 1.82) is 0 Å². The third kappa shape index (κ3) is 3.29. The Balaban J connectivity index is 1.23. The van der Waals surface area contributed by atoms with Crippen LogP contribution < -0.4 is 0 Å². The fraction of sp³-hybridized carbons (Fsp3) is 0.562. The van der Waals surface area contributed by atoms with Crippen LogP contribution >= 0.6 is 0 Å². The molecule has 7 heteroatoms. The number of nitrogens with zero attached hydrogens (tertiary/aromatic N) is 3. The molecule has 4 rings (SSSR count). The van der Waals surface area contributed by atoms with Gasteiger partial charge in [0.2, 0.25) is 5.89 Å². The van der Waals surface area contributed by atoms with Gasteiger partial charge in [0.05, 0.1) is 24.4 Å². The molecule has 0 unspecified atom stereocenters. The molecule has 2 fully saturated rings. The van der Waals surface area contributed by atoms with Gasteiger partial charge in [-0.3, -0.25) is 4.79 Å². The van der Waals surface area contributed by atoms with E-state index in [-0.39, 0.29) is 11.8 Å². The number of likely N-dealkylation sites (tertiary alicyclic amines) is 1. The Morgan fingerprint density at radius 2 is 2.26 bits per heavy atom. The average molecular weight is 317 g/mol. The number of carbonyl (C=O) groups is 1. The van der Waals surface area contributed by atoms with Crippen molar-refractivity contribution >= 4 is 5.91 Å². The first-order chi connectivity index (χ1) is 11.3. The van der Waals surface area contributed by atoms with Gasteiger partial charge in [-0.1, -0.05) is 5.16 Å². The second-order valence-corrected chi connectivity index (χ2v) is 6.24. The van der Waals surface area contributed by atoms with E-state index in [0.717, 1.165) is 12.5 Å². The normalized spacial score (nSPS) is 18.2. The molecule has 2 aromatic heterocycles. The number of hydrogen-bond donors (Lipinski definition) is 0. The minimum Gasteiger partial charge on any atom is -0.472 e. The Labute approximate surface area is 133 Å². The summed E-state index contributed by atoms with van der Waals surface area (Å²) in [6, 6.07) is 1.67. The maximum Gasteiger partial charge on any atom is 0.257 e. The fourth-order valence-corrected chi connectivity index (χ4v) is 2.60. The molecule has 1 amide bonds. The van der Waals surface area contributed by atoms with E-state index in [9.17, 15) is 4.79 Å². The number of furan rings is 1. The molecular formula is C16H19N3O4. The maximum absolute atomic E-state index is 12.1. The van der Waals surface area contributed by atoms with Crippen molar-refractivity contribution in [1.82, 2.24) is 15.0 Å². The van der Waals surface area contributed by atoms with Gasteiger partial charge in [0.1, 0.15) is 6.26 Å². The predicted octanol–water partition coefficient (Wildman–Crippen LogP) is 1.87. The first-order valence-corrected chi connectivity index (χ1v) is 8.01. The Kier molecular flexibility index (Phi) is 3.87. The van der Waals surface area contributed by atoms with E-state index in [4.69, 9.17) is 13.7 Å². The highest BCUT2D eigenvalue weighted by Gasteiger charge is 2.36. The van der Waals surface area contributed by atoms with Gasteiger partial charge in [0, 0.05) is 26.1 Å². The van der Waals surface area contributed by atoms with E-state index < -0.39 is 0 Å². The molecule has 7 nitrogen and oxygen atoms in total. The highest BCUT2D eigenvalue weighted by molar-refractivity contribution is 5.94. The second kappa shape index (κ2) is 6.16. The lowest BCUT2D eigenvalue weighted by Crippen LogP contribution is -2.48. The summed E-state index contributed by atoms with van der Waals surface area (Å²) in [5.74, 6) is 2.15. The van der Waals surface area contributed by atoms with Gasteiger partial charge >= 0.3 is 0 Å². The summed E-state index contributed by atoms with van der Waals surface area (Å²) in [6.45, 7) is 2.68. The fourth-order valence-electron chi connectivity index (χ4n) is 2.60.